The van der Waals surface area contributed by atoms with E-state index in [1.165, 1.54) is 0 Å². The number of fused-ring (bicyclic) bond motifs is 1. The summed E-state index contributed by atoms with van der Waals surface area (Å²) < 4.78 is 6.25. The fourth-order valence-electron chi connectivity index (χ4n) is 4.71. The lowest BCUT2D eigenvalue weighted by Crippen LogP contribution is -2.42. The van der Waals surface area contributed by atoms with Crippen LogP contribution in [0.4, 0.5) is 0 Å². The minimum absolute atomic E-state index is 0.120. The zero-order valence-corrected chi connectivity index (χ0v) is 20.8. The standard InChI is InChI=1S/C28H33N3O4/c1-4-30(5-2)24(32)19-29-15-10-16-31(18-17-29)28(34)23-14-9-13-22-25(33)20(3)26(35-27(22)23)21-11-7-6-8-12-21/h6-9,11-14H,4-5,10,15-19H2,1-3H3. The number of amides is 2. The summed E-state index contributed by atoms with van der Waals surface area (Å²) in [5, 5.41) is 0.411. The van der Waals surface area contributed by atoms with Crippen LogP contribution in [0.5, 0.6) is 0 Å². The molecule has 0 N–H and O–H groups in total. The summed E-state index contributed by atoms with van der Waals surface area (Å²) in [5.41, 5.74) is 1.91. The van der Waals surface area contributed by atoms with Crippen LogP contribution in [0.25, 0.3) is 22.3 Å². The Kier molecular flexibility index (Phi) is 7.66. The number of hydrogen-bond donors (Lipinski definition) is 0. The molecule has 0 unspecified atom stereocenters. The summed E-state index contributed by atoms with van der Waals surface area (Å²) in [6.45, 7) is 9.98. The van der Waals surface area contributed by atoms with Gasteiger partial charge in [0.15, 0.2) is 11.0 Å². The van der Waals surface area contributed by atoms with Gasteiger partial charge in [-0.3, -0.25) is 19.3 Å². The first kappa shape index (κ1) is 24.7. The molecule has 0 atom stereocenters. The van der Waals surface area contributed by atoms with Crippen molar-refractivity contribution >= 4 is 22.8 Å². The smallest absolute Gasteiger partial charge is 0.257 e. The Bertz CT molecular complexity index is 1260. The molecule has 0 radical (unpaired) electrons. The Labute approximate surface area is 205 Å². The van der Waals surface area contributed by atoms with Crippen molar-refractivity contribution in [2.45, 2.75) is 27.2 Å². The van der Waals surface area contributed by atoms with Crippen LogP contribution in [-0.2, 0) is 4.79 Å². The lowest BCUT2D eigenvalue weighted by molar-refractivity contribution is -0.132. The van der Waals surface area contributed by atoms with Crippen molar-refractivity contribution in [3.63, 3.8) is 0 Å². The summed E-state index contributed by atoms with van der Waals surface area (Å²) in [4.78, 5) is 45.1. The van der Waals surface area contributed by atoms with Crippen LogP contribution < -0.4 is 5.43 Å². The molecule has 4 rings (SSSR count). The van der Waals surface area contributed by atoms with Gasteiger partial charge in [-0.05, 0) is 39.3 Å². The maximum absolute atomic E-state index is 13.6. The van der Waals surface area contributed by atoms with Gasteiger partial charge >= 0.3 is 0 Å². The van der Waals surface area contributed by atoms with Crippen LogP contribution in [0.3, 0.4) is 0 Å². The fourth-order valence-corrected chi connectivity index (χ4v) is 4.71. The van der Waals surface area contributed by atoms with E-state index in [-0.39, 0.29) is 17.2 Å². The lowest BCUT2D eigenvalue weighted by Gasteiger charge is -2.25. The molecule has 1 aliphatic heterocycles. The van der Waals surface area contributed by atoms with Crippen LogP contribution in [0.15, 0.2) is 57.7 Å². The molecule has 1 fully saturated rings. The Balaban J connectivity index is 1.60. The predicted octanol–water partition coefficient (Wildman–Crippen LogP) is 3.78. The molecule has 7 heteroatoms. The summed E-state index contributed by atoms with van der Waals surface area (Å²) in [6, 6.07) is 14.7. The number of benzene rings is 2. The average molecular weight is 476 g/mol. The third-order valence-corrected chi connectivity index (χ3v) is 6.76. The highest BCUT2D eigenvalue weighted by molar-refractivity contribution is 6.05. The molecule has 7 nitrogen and oxygen atoms in total. The first-order chi connectivity index (χ1) is 16.9. The number of likely N-dealkylation sites (N-methyl/N-ethyl adjacent to an activating group) is 1. The van der Waals surface area contributed by atoms with E-state index in [0.717, 1.165) is 18.5 Å². The highest BCUT2D eigenvalue weighted by Gasteiger charge is 2.25. The Morgan fingerprint density at radius 1 is 0.943 bits per heavy atom. The van der Waals surface area contributed by atoms with E-state index in [4.69, 9.17) is 4.42 Å². The molecule has 184 valence electrons. The van der Waals surface area contributed by atoms with Crippen molar-refractivity contribution in [3.8, 4) is 11.3 Å². The van der Waals surface area contributed by atoms with E-state index >= 15 is 0 Å². The molecule has 0 bridgehead atoms. The van der Waals surface area contributed by atoms with Crippen LogP contribution >= 0.6 is 0 Å². The second-order valence-corrected chi connectivity index (χ2v) is 8.92. The lowest BCUT2D eigenvalue weighted by atomic mass is 10.0. The molecular formula is C28H33N3O4. The monoisotopic (exact) mass is 475 g/mol. The van der Waals surface area contributed by atoms with E-state index in [2.05, 4.69) is 4.90 Å². The molecule has 2 aromatic carbocycles. The second kappa shape index (κ2) is 10.9. The Hall–Kier alpha value is -3.45. The van der Waals surface area contributed by atoms with Crippen LogP contribution in [0, 0.1) is 6.92 Å². The first-order valence-electron chi connectivity index (χ1n) is 12.4. The van der Waals surface area contributed by atoms with Gasteiger partial charge in [0.1, 0.15) is 5.76 Å². The molecule has 2 heterocycles. The maximum atomic E-state index is 13.6. The van der Waals surface area contributed by atoms with Crippen molar-refractivity contribution in [3.05, 3.63) is 69.9 Å². The summed E-state index contributed by atoms with van der Waals surface area (Å²) in [5.74, 6) is 0.452. The first-order valence-corrected chi connectivity index (χ1v) is 12.4. The fraction of sp³-hybridized carbons (Fsp3) is 0.393. The summed E-state index contributed by atoms with van der Waals surface area (Å²) >= 11 is 0. The van der Waals surface area contributed by atoms with E-state index < -0.39 is 0 Å². The van der Waals surface area contributed by atoms with E-state index in [9.17, 15) is 14.4 Å². The van der Waals surface area contributed by atoms with Gasteiger partial charge in [0.2, 0.25) is 5.91 Å². The number of para-hydroxylation sites is 1. The third kappa shape index (κ3) is 5.15. The van der Waals surface area contributed by atoms with Gasteiger partial charge in [-0.1, -0.05) is 36.4 Å². The number of carbonyl (C=O) groups is 2. The molecule has 0 spiro atoms. The highest BCUT2D eigenvalue weighted by Crippen LogP contribution is 2.28. The minimum atomic E-state index is -0.154. The number of rotatable bonds is 6. The van der Waals surface area contributed by atoms with Gasteiger partial charge in [-0.15, -0.1) is 0 Å². The molecule has 0 saturated carbocycles. The van der Waals surface area contributed by atoms with Gasteiger partial charge in [-0.25, -0.2) is 0 Å². The van der Waals surface area contributed by atoms with Crippen molar-refractivity contribution in [2.75, 3.05) is 45.8 Å². The van der Waals surface area contributed by atoms with Gasteiger partial charge in [-0.2, -0.15) is 0 Å². The van der Waals surface area contributed by atoms with E-state index in [1.54, 1.807) is 30.0 Å². The molecule has 2 amide bonds. The molecule has 35 heavy (non-hydrogen) atoms. The number of nitrogens with zero attached hydrogens (tertiary/aromatic N) is 3. The molecule has 1 saturated heterocycles. The zero-order valence-electron chi connectivity index (χ0n) is 20.8. The average Bonchev–Trinajstić information content (AvgIpc) is 3.12. The maximum Gasteiger partial charge on any atom is 0.257 e. The van der Waals surface area contributed by atoms with Gasteiger partial charge in [0.05, 0.1) is 17.5 Å². The third-order valence-electron chi connectivity index (χ3n) is 6.76. The second-order valence-electron chi connectivity index (χ2n) is 8.92. The van der Waals surface area contributed by atoms with E-state index in [0.29, 0.717) is 67.1 Å². The SMILES string of the molecule is CCN(CC)C(=O)CN1CCCN(C(=O)c2cccc3c(=O)c(C)c(-c4ccccc4)oc23)CC1. The predicted molar refractivity (Wildman–Crippen MR) is 138 cm³/mol. The van der Waals surface area contributed by atoms with Crippen molar-refractivity contribution in [1.29, 1.82) is 0 Å². The van der Waals surface area contributed by atoms with Crippen molar-refractivity contribution < 1.29 is 14.0 Å². The molecule has 3 aromatic rings. The zero-order chi connectivity index (χ0) is 24.9. The van der Waals surface area contributed by atoms with Gasteiger partial charge in [0, 0.05) is 50.4 Å². The molecule has 1 aliphatic rings. The van der Waals surface area contributed by atoms with Crippen LogP contribution in [0.2, 0.25) is 0 Å². The largest absolute Gasteiger partial charge is 0.455 e. The normalized spacial score (nSPS) is 14.7. The minimum Gasteiger partial charge on any atom is -0.455 e. The quantitative estimate of drug-likeness (QED) is 0.542. The van der Waals surface area contributed by atoms with Gasteiger partial charge in [0.25, 0.3) is 5.91 Å². The summed E-state index contributed by atoms with van der Waals surface area (Å²) in [6.07, 6.45) is 0.778. The topological polar surface area (TPSA) is 74.1 Å². The van der Waals surface area contributed by atoms with Crippen LogP contribution in [0.1, 0.15) is 36.2 Å². The van der Waals surface area contributed by atoms with Crippen molar-refractivity contribution in [1.82, 2.24) is 14.7 Å². The van der Waals surface area contributed by atoms with Crippen molar-refractivity contribution in [2.24, 2.45) is 0 Å². The number of hydrogen-bond acceptors (Lipinski definition) is 5. The number of carbonyl (C=O) groups excluding carboxylic acids is 2. The van der Waals surface area contributed by atoms with Gasteiger partial charge < -0.3 is 14.2 Å². The molecule has 0 aliphatic carbocycles. The highest BCUT2D eigenvalue weighted by atomic mass is 16.3. The Morgan fingerprint density at radius 2 is 1.69 bits per heavy atom. The van der Waals surface area contributed by atoms with Crippen LogP contribution in [-0.4, -0.2) is 72.3 Å². The summed E-state index contributed by atoms with van der Waals surface area (Å²) in [7, 11) is 0. The van der Waals surface area contributed by atoms with E-state index in [1.807, 2.05) is 49.1 Å². The molecular weight excluding hydrogens is 442 g/mol. The Morgan fingerprint density at radius 3 is 2.40 bits per heavy atom. The molecule has 1 aromatic heterocycles.